The molecular formula is C24H39N5O2. The molecule has 0 bridgehead atoms. The molecule has 1 aliphatic carbocycles. The van der Waals surface area contributed by atoms with Crippen LogP contribution in [0.2, 0.25) is 0 Å². The number of hydrogen-bond acceptors (Lipinski definition) is 4. The molecule has 0 atom stereocenters. The molecule has 1 aromatic rings. The highest BCUT2D eigenvalue weighted by molar-refractivity contribution is 5.80. The second-order valence-electron chi connectivity index (χ2n) is 9.19. The van der Waals surface area contributed by atoms with Crippen molar-refractivity contribution < 1.29 is 9.53 Å². The fourth-order valence-corrected chi connectivity index (χ4v) is 3.80. The lowest BCUT2D eigenvalue weighted by Crippen LogP contribution is -2.54. The summed E-state index contributed by atoms with van der Waals surface area (Å²) in [5.74, 6) is 1.46. The quantitative estimate of drug-likeness (QED) is 0.394. The van der Waals surface area contributed by atoms with Crippen LogP contribution in [0.15, 0.2) is 29.3 Å². The van der Waals surface area contributed by atoms with Crippen molar-refractivity contribution in [2.45, 2.75) is 71.0 Å². The predicted molar refractivity (Wildman–Crippen MR) is 125 cm³/mol. The first-order chi connectivity index (χ1) is 15.0. The number of benzene rings is 1. The summed E-state index contributed by atoms with van der Waals surface area (Å²) in [4.78, 5) is 19.2. The van der Waals surface area contributed by atoms with Crippen molar-refractivity contribution in [1.82, 2.24) is 20.9 Å². The molecule has 1 aromatic carbocycles. The number of hydrogen-bond donors (Lipinski definition) is 3. The Morgan fingerprint density at radius 2 is 1.97 bits per heavy atom. The first-order valence-electron chi connectivity index (χ1n) is 11.7. The molecule has 2 aliphatic rings. The van der Waals surface area contributed by atoms with Gasteiger partial charge in [0.15, 0.2) is 12.6 Å². The van der Waals surface area contributed by atoms with Crippen molar-refractivity contribution in [3.05, 3.63) is 29.8 Å². The Bertz CT molecular complexity index is 739. The number of guanidine groups is 1. The van der Waals surface area contributed by atoms with Crippen LogP contribution in [0.3, 0.4) is 0 Å². The maximum absolute atomic E-state index is 11.8. The second kappa shape index (κ2) is 11.4. The Morgan fingerprint density at radius 1 is 1.19 bits per heavy atom. The first-order valence-corrected chi connectivity index (χ1v) is 11.7. The highest BCUT2D eigenvalue weighted by Crippen LogP contribution is 2.20. The van der Waals surface area contributed by atoms with Crippen LogP contribution in [0.25, 0.3) is 0 Å². The Labute approximate surface area is 187 Å². The monoisotopic (exact) mass is 429 g/mol. The fourth-order valence-electron chi connectivity index (χ4n) is 3.80. The smallest absolute Gasteiger partial charge is 0.258 e. The molecule has 0 unspecified atom stereocenters. The molecule has 172 valence electrons. The summed E-state index contributed by atoms with van der Waals surface area (Å²) >= 11 is 0. The van der Waals surface area contributed by atoms with Gasteiger partial charge < -0.3 is 20.7 Å². The van der Waals surface area contributed by atoms with E-state index in [0.717, 1.165) is 37.5 Å². The molecule has 1 saturated heterocycles. The van der Waals surface area contributed by atoms with Gasteiger partial charge in [-0.15, -0.1) is 0 Å². The lowest BCUT2D eigenvalue weighted by atomic mass is 9.98. The average molecular weight is 430 g/mol. The minimum absolute atomic E-state index is 0.0546. The van der Waals surface area contributed by atoms with Crippen LogP contribution < -0.4 is 20.7 Å². The largest absolute Gasteiger partial charge is 0.484 e. The highest BCUT2D eigenvalue weighted by atomic mass is 16.5. The topological polar surface area (TPSA) is 78.0 Å². The molecule has 2 fully saturated rings. The van der Waals surface area contributed by atoms with E-state index < -0.39 is 0 Å². The van der Waals surface area contributed by atoms with Crippen LogP contribution in [0, 0.1) is 0 Å². The van der Waals surface area contributed by atoms with E-state index in [1.807, 2.05) is 24.3 Å². The van der Waals surface area contributed by atoms with Crippen LogP contribution in [-0.4, -0.2) is 61.1 Å². The summed E-state index contributed by atoms with van der Waals surface area (Å²) in [6.45, 7) is 11.3. The maximum atomic E-state index is 11.8. The van der Waals surface area contributed by atoms with Gasteiger partial charge in [0.1, 0.15) is 5.75 Å². The van der Waals surface area contributed by atoms with Gasteiger partial charge in [-0.1, -0.05) is 18.6 Å². The molecule has 1 aliphatic heterocycles. The fraction of sp³-hybridized carbons (Fsp3) is 0.667. The second-order valence-corrected chi connectivity index (χ2v) is 9.19. The lowest BCUT2D eigenvalue weighted by Gasteiger charge is -2.41. The molecule has 0 aromatic heterocycles. The van der Waals surface area contributed by atoms with Gasteiger partial charge in [0, 0.05) is 24.7 Å². The third kappa shape index (κ3) is 8.05. The Morgan fingerprint density at radius 3 is 2.68 bits per heavy atom. The Balaban J connectivity index is 1.51. The molecule has 0 spiro atoms. The number of carbonyl (C=O) groups is 1. The maximum Gasteiger partial charge on any atom is 0.258 e. The van der Waals surface area contributed by atoms with E-state index in [0.29, 0.717) is 18.3 Å². The summed E-state index contributed by atoms with van der Waals surface area (Å²) in [6, 6.07) is 8.16. The van der Waals surface area contributed by atoms with Crippen LogP contribution in [0.4, 0.5) is 0 Å². The van der Waals surface area contributed by atoms with Gasteiger partial charge in [-0.2, -0.15) is 0 Å². The standard InChI is InChI=1S/C24H39N5O2/c1-4-25-23(27-18-24(2,3)29-13-6-5-7-14-29)26-16-19-9-8-10-21(15-19)31-17-22(30)28-20-11-12-20/h8-10,15,20H,4-7,11-14,16-18H2,1-3H3,(H,28,30)(H2,25,26,27). The number of nitrogens with one attached hydrogen (secondary N) is 3. The normalized spacial score (nSPS) is 17.8. The third-order valence-electron chi connectivity index (χ3n) is 5.88. The molecular weight excluding hydrogens is 390 g/mol. The minimum atomic E-state index is -0.0547. The molecule has 7 nitrogen and oxygen atoms in total. The van der Waals surface area contributed by atoms with Gasteiger partial charge >= 0.3 is 0 Å². The van der Waals surface area contributed by atoms with Crippen molar-refractivity contribution in [3.63, 3.8) is 0 Å². The zero-order valence-electron chi connectivity index (χ0n) is 19.4. The first kappa shape index (κ1) is 23.4. The van der Waals surface area contributed by atoms with Crippen molar-refractivity contribution in [2.75, 3.05) is 32.8 Å². The zero-order valence-corrected chi connectivity index (χ0v) is 19.4. The molecule has 1 saturated carbocycles. The van der Waals surface area contributed by atoms with E-state index in [4.69, 9.17) is 9.73 Å². The van der Waals surface area contributed by atoms with E-state index in [1.54, 1.807) is 0 Å². The minimum Gasteiger partial charge on any atom is -0.484 e. The lowest BCUT2D eigenvalue weighted by molar-refractivity contribution is -0.123. The number of aliphatic imine (C=N–C) groups is 1. The summed E-state index contributed by atoms with van der Waals surface area (Å²) < 4.78 is 5.65. The van der Waals surface area contributed by atoms with Crippen molar-refractivity contribution >= 4 is 11.9 Å². The van der Waals surface area contributed by atoms with E-state index in [9.17, 15) is 4.79 Å². The summed E-state index contributed by atoms with van der Waals surface area (Å²) in [7, 11) is 0. The van der Waals surface area contributed by atoms with E-state index in [2.05, 4.69) is 41.6 Å². The van der Waals surface area contributed by atoms with Gasteiger partial charge in [0.2, 0.25) is 0 Å². The van der Waals surface area contributed by atoms with Crippen LogP contribution in [-0.2, 0) is 11.3 Å². The van der Waals surface area contributed by atoms with Crippen molar-refractivity contribution in [3.8, 4) is 5.75 Å². The molecule has 7 heteroatoms. The van der Waals surface area contributed by atoms with Gasteiger partial charge in [0.25, 0.3) is 5.91 Å². The molecule has 3 N–H and O–H groups in total. The summed E-state index contributed by atoms with van der Waals surface area (Å²) in [5.41, 5.74) is 1.14. The molecule has 0 radical (unpaired) electrons. The predicted octanol–water partition coefficient (Wildman–Crippen LogP) is 2.66. The van der Waals surface area contributed by atoms with Crippen LogP contribution >= 0.6 is 0 Å². The van der Waals surface area contributed by atoms with Gasteiger partial charge in [0.05, 0.1) is 6.54 Å². The zero-order chi connectivity index (χ0) is 22.1. The highest BCUT2D eigenvalue weighted by Gasteiger charge is 2.28. The van der Waals surface area contributed by atoms with E-state index in [-0.39, 0.29) is 18.1 Å². The Kier molecular flexibility index (Phi) is 8.58. The molecule has 1 heterocycles. The number of ether oxygens (including phenoxy) is 1. The van der Waals surface area contributed by atoms with E-state index in [1.165, 1.54) is 32.4 Å². The number of nitrogens with zero attached hydrogens (tertiary/aromatic N) is 2. The number of likely N-dealkylation sites (tertiary alicyclic amines) is 1. The third-order valence-corrected chi connectivity index (χ3v) is 5.88. The van der Waals surface area contributed by atoms with Gasteiger partial charge in [-0.25, -0.2) is 4.99 Å². The van der Waals surface area contributed by atoms with Crippen LogP contribution in [0.1, 0.15) is 58.4 Å². The van der Waals surface area contributed by atoms with Crippen molar-refractivity contribution in [1.29, 1.82) is 0 Å². The number of amides is 1. The SMILES string of the molecule is CCNC(=NCc1cccc(OCC(=O)NC2CC2)c1)NCC(C)(C)N1CCCCC1. The van der Waals surface area contributed by atoms with Gasteiger partial charge in [-0.05, 0) is 77.2 Å². The molecule has 3 rings (SSSR count). The number of piperidine rings is 1. The molecule has 1 amide bonds. The molecule has 31 heavy (non-hydrogen) atoms. The average Bonchev–Trinajstić information content (AvgIpc) is 3.59. The van der Waals surface area contributed by atoms with E-state index >= 15 is 0 Å². The van der Waals surface area contributed by atoms with Crippen molar-refractivity contribution in [2.24, 2.45) is 4.99 Å². The Hall–Kier alpha value is -2.28. The number of rotatable bonds is 10. The summed E-state index contributed by atoms with van der Waals surface area (Å²) in [5, 5.41) is 9.80. The summed E-state index contributed by atoms with van der Waals surface area (Å²) in [6.07, 6.45) is 6.09. The number of carbonyl (C=O) groups excluding carboxylic acids is 1. The van der Waals surface area contributed by atoms with Gasteiger partial charge in [-0.3, -0.25) is 9.69 Å². The van der Waals surface area contributed by atoms with Crippen LogP contribution in [0.5, 0.6) is 5.75 Å².